The maximum absolute atomic E-state index is 3.73. The summed E-state index contributed by atoms with van der Waals surface area (Å²) in [6.45, 7) is 3.73. The highest BCUT2D eigenvalue weighted by Gasteiger charge is 1.87. The number of rotatable bonds is 8. The first kappa shape index (κ1) is 12.8. The van der Waals surface area contributed by atoms with Crippen LogP contribution in [-0.2, 0) is 0 Å². The zero-order valence-electron chi connectivity index (χ0n) is 10.1. The van der Waals surface area contributed by atoms with Crippen LogP contribution < -0.4 is 0 Å². The van der Waals surface area contributed by atoms with E-state index in [2.05, 4.69) is 49.1 Å². The molecular weight excluding hydrogens is 192 g/mol. The molecular formula is C16H22. The Balaban J connectivity index is 2.03. The van der Waals surface area contributed by atoms with Crippen LogP contribution in [0.25, 0.3) is 6.08 Å². The van der Waals surface area contributed by atoms with E-state index >= 15 is 0 Å². The fourth-order valence-corrected chi connectivity index (χ4v) is 1.69. The summed E-state index contributed by atoms with van der Waals surface area (Å²) in [6, 6.07) is 10.5. The molecule has 0 aliphatic rings. The molecule has 0 aliphatic carbocycles. The maximum atomic E-state index is 3.73. The van der Waals surface area contributed by atoms with Crippen LogP contribution in [0.1, 0.15) is 44.1 Å². The van der Waals surface area contributed by atoms with Gasteiger partial charge in [0.15, 0.2) is 0 Å². The molecule has 0 spiro atoms. The third-order valence-corrected chi connectivity index (χ3v) is 2.64. The Labute approximate surface area is 99.7 Å². The van der Waals surface area contributed by atoms with Crippen LogP contribution in [0.2, 0.25) is 0 Å². The van der Waals surface area contributed by atoms with Crippen molar-refractivity contribution in [1.82, 2.24) is 0 Å². The molecule has 16 heavy (non-hydrogen) atoms. The molecule has 0 atom stereocenters. The van der Waals surface area contributed by atoms with E-state index in [1.54, 1.807) is 0 Å². The molecule has 0 fully saturated rings. The van der Waals surface area contributed by atoms with E-state index in [1.165, 1.54) is 44.1 Å². The summed E-state index contributed by atoms with van der Waals surface area (Å²) in [5.41, 5.74) is 1.30. The van der Waals surface area contributed by atoms with Crippen molar-refractivity contribution in [2.75, 3.05) is 0 Å². The first-order valence-electron chi connectivity index (χ1n) is 6.26. The van der Waals surface area contributed by atoms with Crippen molar-refractivity contribution in [1.29, 1.82) is 0 Å². The van der Waals surface area contributed by atoms with Gasteiger partial charge in [0.1, 0.15) is 0 Å². The molecule has 0 amide bonds. The minimum Gasteiger partial charge on any atom is -0.103 e. The minimum absolute atomic E-state index is 1.17. The van der Waals surface area contributed by atoms with Gasteiger partial charge in [0.2, 0.25) is 0 Å². The molecule has 0 heteroatoms. The Morgan fingerprint density at radius 3 is 2.25 bits per heavy atom. The predicted molar refractivity (Wildman–Crippen MR) is 73.4 cm³/mol. The summed E-state index contributed by atoms with van der Waals surface area (Å²) in [5, 5.41) is 0. The molecule has 0 heterocycles. The van der Waals surface area contributed by atoms with Gasteiger partial charge in [-0.15, -0.1) is 6.58 Å². The monoisotopic (exact) mass is 214 g/mol. The third kappa shape index (κ3) is 6.23. The van der Waals surface area contributed by atoms with E-state index in [-0.39, 0.29) is 0 Å². The van der Waals surface area contributed by atoms with Crippen LogP contribution in [-0.4, -0.2) is 0 Å². The van der Waals surface area contributed by atoms with E-state index in [0.29, 0.717) is 0 Å². The van der Waals surface area contributed by atoms with Gasteiger partial charge in [0, 0.05) is 0 Å². The van der Waals surface area contributed by atoms with E-state index in [0.717, 1.165) is 0 Å². The van der Waals surface area contributed by atoms with Crippen molar-refractivity contribution >= 4 is 6.08 Å². The Hall–Kier alpha value is -1.30. The highest BCUT2D eigenvalue weighted by molar-refractivity contribution is 5.48. The van der Waals surface area contributed by atoms with E-state index in [9.17, 15) is 0 Å². The molecule has 0 nitrogen and oxygen atoms in total. The number of unbranched alkanes of at least 4 members (excludes halogenated alkanes) is 5. The van der Waals surface area contributed by atoms with E-state index < -0.39 is 0 Å². The fourth-order valence-electron chi connectivity index (χ4n) is 1.69. The maximum Gasteiger partial charge on any atom is -0.0260 e. The topological polar surface area (TPSA) is 0 Å². The van der Waals surface area contributed by atoms with Gasteiger partial charge in [-0.3, -0.25) is 0 Å². The molecule has 1 rings (SSSR count). The van der Waals surface area contributed by atoms with Crippen molar-refractivity contribution in [3.05, 3.63) is 54.6 Å². The lowest BCUT2D eigenvalue weighted by Crippen LogP contribution is -1.76. The zero-order chi connectivity index (χ0) is 11.5. The van der Waals surface area contributed by atoms with Crippen molar-refractivity contribution in [2.45, 2.75) is 38.5 Å². The quantitative estimate of drug-likeness (QED) is 0.411. The molecule has 0 radical (unpaired) electrons. The summed E-state index contributed by atoms with van der Waals surface area (Å²) in [5.74, 6) is 0. The lowest BCUT2D eigenvalue weighted by molar-refractivity contribution is 0.653. The Bertz CT molecular complexity index is 295. The minimum atomic E-state index is 1.17. The standard InChI is InChI=1S/C16H22/c1-2-3-4-5-6-7-8-10-13-16-14-11-9-12-15-16/h2,9-15H,1,3-8H2/b13-10+. The van der Waals surface area contributed by atoms with Crippen LogP contribution in [0.4, 0.5) is 0 Å². The molecule has 0 saturated carbocycles. The normalized spacial score (nSPS) is 10.8. The molecule has 1 aromatic rings. The molecule has 0 aromatic heterocycles. The van der Waals surface area contributed by atoms with Gasteiger partial charge in [0.05, 0.1) is 0 Å². The second-order valence-corrected chi connectivity index (χ2v) is 4.09. The molecule has 0 unspecified atom stereocenters. The Morgan fingerprint density at radius 2 is 1.56 bits per heavy atom. The molecule has 0 saturated heterocycles. The van der Waals surface area contributed by atoms with Gasteiger partial charge in [-0.05, 0) is 31.2 Å². The number of hydrogen-bond acceptors (Lipinski definition) is 0. The van der Waals surface area contributed by atoms with Gasteiger partial charge in [-0.1, -0.05) is 61.4 Å². The van der Waals surface area contributed by atoms with Crippen LogP contribution in [0, 0.1) is 0 Å². The molecule has 0 bridgehead atoms. The zero-order valence-corrected chi connectivity index (χ0v) is 10.1. The Kier molecular flexibility index (Phi) is 7.15. The smallest absolute Gasteiger partial charge is 0.0260 e. The SMILES string of the molecule is C=CCCCCCC/C=C/c1ccccc1. The van der Waals surface area contributed by atoms with Gasteiger partial charge >= 0.3 is 0 Å². The lowest BCUT2D eigenvalue weighted by Gasteiger charge is -1.96. The summed E-state index contributed by atoms with van der Waals surface area (Å²) in [7, 11) is 0. The highest BCUT2D eigenvalue weighted by Crippen LogP contribution is 2.08. The second-order valence-electron chi connectivity index (χ2n) is 4.09. The van der Waals surface area contributed by atoms with Crippen molar-refractivity contribution < 1.29 is 0 Å². The number of hydrogen-bond donors (Lipinski definition) is 0. The molecule has 0 N–H and O–H groups in total. The summed E-state index contributed by atoms with van der Waals surface area (Å²) >= 11 is 0. The van der Waals surface area contributed by atoms with Gasteiger partial charge < -0.3 is 0 Å². The number of allylic oxidation sites excluding steroid dienone is 2. The predicted octanol–water partition coefficient (Wildman–Crippen LogP) is 5.23. The van der Waals surface area contributed by atoms with Gasteiger partial charge in [-0.25, -0.2) is 0 Å². The van der Waals surface area contributed by atoms with Crippen molar-refractivity contribution in [2.24, 2.45) is 0 Å². The van der Waals surface area contributed by atoms with Crippen molar-refractivity contribution in [3.8, 4) is 0 Å². The molecule has 1 aromatic carbocycles. The third-order valence-electron chi connectivity index (χ3n) is 2.64. The summed E-state index contributed by atoms with van der Waals surface area (Å²) in [6.07, 6.45) is 14.1. The van der Waals surface area contributed by atoms with E-state index in [1.807, 2.05) is 6.08 Å². The second kappa shape index (κ2) is 8.96. The van der Waals surface area contributed by atoms with Crippen LogP contribution in [0.15, 0.2) is 49.1 Å². The average Bonchev–Trinajstić information content (AvgIpc) is 2.34. The summed E-state index contributed by atoms with van der Waals surface area (Å²) in [4.78, 5) is 0. The fraction of sp³-hybridized carbons (Fsp3) is 0.375. The molecule has 86 valence electrons. The van der Waals surface area contributed by atoms with Crippen LogP contribution >= 0.6 is 0 Å². The Morgan fingerprint density at radius 1 is 0.875 bits per heavy atom. The van der Waals surface area contributed by atoms with E-state index in [4.69, 9.17) is 0 Å². The molecule has 0 aliphatic heterocycles. The highest BCUT2D eigenvalue weighted by atomic mass is 13.9. The van der Waals surface area contributed by atoms with Crippen LogP contribution in [0.5, 0.6) is 0 Å². The van der Waals surface area contributed by atoms with Crippen LogP contribution in [0.3, 0.4) is 0 Å². The largest absolute Gasteiger partial charge is 0.103 e. The van der Waals surface area contributed by atoms with Gasteiger partial charge in [-0.2, -0.15) is 0 Å². The first-order chi connectivity index (χ1) is 7.93. The average molecular weight is 214 g/mol. The first-order valence-corrected chi connectivity index (χ1v) is 6.26. The van der Waals surface area contributed by atoms with Crippen molar-refractivity contribution in [3.63, 3.8) is 0 Å². The lowest BCUT2D eigenvalue weighted by atomic mass is 10.1. The summed E-state index contributed by atoms with van der Waals surface area (Å²) < 4.78 is 0. The number of benzene rings is 1. The van der Waals surface area contributed by atoms with Gasteiger partial charge in [0.25, 0.3) is 0 Å².